The molecule has 18 nitrogen and oxygen atoms in total. The van der Waals surface area contributed by atoms with Crippen LogP contribution in [-0.2, 0) is 25.6 Å². The Kier molecular flexibility index (Phi) is 12.0. The number of carbonyl (C=O) groups excluding carboxylic acids is 6. The summed E-state index contributed by atoms with van der Waals surface area (Å²) in [6.07, 6.45) is 8.97. The minimum atomic E-state index is -0.999. The lowest BCUT2D eigenvalue weighted by atomic mass is 9.86. The third kappa shape index (κ3) is 8.88. The van der Waals surface area contributed by atoms with Crippen molar-refractivity contribution < 1.29 is 28.8 Å². The molecular formula is C51H56N12O6. The number of aromatic nitrogens is 4. The third-order valence-corrected chi connectivity index (χ3v) is 15.2. The lowest BCUT2D eigenvalue weighted by molar-refractivity contribution is -0.138. The number of imidazole rings is 1. The van der Waals surface area contributed by atoms with Crippen LogP contribution in [-0.4, -0.2) is 140 Å². The fraction of sp³-hybridized carbons (Fsp3) is 0.431. The summed E-state index contributed by atoms with van der Waals surface area (Å²) in [5, 5.41) is 8.86. The highest BCUT2D eigenvalue weighted by Gasteiger charge is 2.45. The van der Waals surface area contributed by atoms with Gasteiger partial charge < -0.3 is 29.9 Å². The zero-order valence-electron chi connectivity index (χ0n) is 38.5. The van der Waals surface area contributed by atoms with E-state index in [0.717, 1.165) is 92.4 Å². The zero-order chi connectivity index (χ0) is 47.2. The first-order chi connectivity index (χ1) is 33.6. The SMILES string of the molecule is O=C1CC[C@H](N2C(=O)c3ccc(N4CCC(C(=O)N5CCC(N6CCN(c7ccc(Nc8ncnc9c8ncn9C8CC(NC(=O)Cc9ccccc9)C8)cc7)CC6)CC5)CC4)cc3C2=O)C(=O)N1. The maximum atomic E-state index is 13.8. The van der Waals surface area contributed by atoms with Crippen LogP contribution >= 0.6 is 0 Å². The summed E-state index contributed by atoms with van der Waals surface area (Å²) >= 11 is 0. The van der Waals surface area contributed by atoms with Gasteiger partial charge in [-0.05, 0) is 93.0 Å². The van der Waals surface area contributed by atoms with Gasteiger partial charge in [0.2, 0.25) is 23.6 Å². The maximum absolute atomic E-state index is 13.8. The number of benzene rings is 3. The molecule has 1 aliphatic carbocycles. The average molecular weight is 933 g/mol. The van der Waals surface area contributed by atoms with Crippen LogP contribution in [0.2, 0.25) is 0 Å². The summed E-state index contributed by atoms with van der Waals surface area (Å²) in [6, 6.07) is 23.3. The highest BCUT2D eigenvalue weighted by molar-refractivity contribution is 6.23. The van der Waals surface area contributed by atoms with Crippen molar-refractivity contribution in [3.05, 3.63) is 102 Å². The first kappa shape index (κ1) is 44.3. The van der Waals surface area contributed by atoms with Crippen molar-refractivity contribution in [2.24, 2.45) is 5.92 Å². The molecule has 5 fully saturated rings. The van der Waals surface area contributed by atoms with Crippen molar-refractivity contribution >= 4 is 69.5 Å². The van der Waals surface area contributed by atoms with Gasteiger partial charge in [-0.25, -0.2) is 15.0 Å². The molecule has 0 spiro atoms. The molecule has 7 heterocycles. The van der Waals surface area contributed by atoms with Crippen LogP contribution in [0.5, 0.6) is 0 Å². The van der Waals surface area contributed by atoms with Gasteiger partial charge >= 0.3 is 0 Å². The second-order valence-electron chi connectivity index (χ2n) is 19.3. The number of likely N-dealkylation sites (tertiary alicyclic amines) is 1. The normalized spacial score (nSPS) is 22.7. The predicted molar refractivity (Wildman–Crippen MR) is 257 cm³/mol. The number of rotatable bonds is 11. The quantitative estimate of drug-likeness (QED) is 0.161. The van der Waals surface area contributed by atoms with Gasteiger partial charge in [-0.2, -0.15) is 0 Å². The Bertz CT molecular complexity index is 2790. The number of nitrogens with one attached hydrogen (secondary N) is 3. The van der Waals surface area contributed by atoms with E-state index < -0.39 is 29.7 Å². The molecule has 5 aromatic rings. The van der Waals surface area contributed by atoms with Crippen LogP contribution in [0.4, 0.5) is 22.9 Å². The highest BCUT2D eigenvalue weighted by Crippen LogP contribution is 2.36. The van der Waals surface area contributed by atoms with Gasteiger partial charge in [0, 0.05) is 99.9 Å². The predicted octanol–water partition coefficient (Wildman–Crippen LogP) is 4.06. The van der Waals surface area contributed by atoms with E-state index in [0.29, 0.717) is 49.7 Å². The van der Waals surface area contributed by atoms with Crippen molar-refractivity contribution in [1.29, 1.82) is 0 Å². The molecule has 0 radical (unpaired) electrons. The number of amides is 6. The van der Waals surface area contributed by atoms with E-state index in [2.05, 4.69) is 74.4 Å². The molecule has 6 amide bonds. The van der Waals surface area contributed by atoms with Gasteiger partial charge in [-0.15, -0.1) is 0 Å². The van der Waals surface area contributed by atoms with Crippen molar-refractivity contribution in [1.82, 2.24) is 44.9 Å². The van der Waals surface area contributed by atoms with E-state index in [1.165, 1.54) is 5.69 Å². The van der Waals surface area contributed by atoms with E-state index in [1.54, 1.807) is 18.5 Å². The summed E-state index contributed by atoms with van der Waals surface area (Å²) in [4.78, 5) is 101. The zero-order valence-corrected chi connectivity index (χ0v) is 38.5. The Morgan fingerprint density at radius 3 is 2.14 bits per heavy atom. The minimum absolute atomic E-state index is 0.0419. The first-order valence-electron chi connectivity index (χ1n) is 24.4. The van der Waals surface area contributed by atoms with E-state index in [9.17, 15) is 28.8 Å². The molecule has 5 aliphatic heterocycles. The largest absolute Gasteiger partial charge is 0.371 e. The number of carbonyl (C=O) groups is 6. The van der Waals surface area contributed by atoms with Crippen LogP contribution in [0, 0.1) is 5.92 Å². The highest BCUT2D eigenvalue weighted by atomic mass is 16.2. The van der Waals surface area contributed by atoms with Gasteiger partial charge in [0.25, 0.3) is 11.8 Å². The monoisotopic (exact) mass is 932 g/mol. The molecule has 4 saturated heterocycles. The first-order valence-corrected chi connectivity index (χ1v) is 24.4. The topological polar surface area (TPSA) is 198 Å². The summed E-state index contributed by atoms with van der Waals surface area (Å²) in [5.41, 5.74) is 5.93. The van der Waals surface area contributed by atoms with Crippen LogP contribution in [0.25, 0.3) is 11.2 Å². The standard InChI is InChI=1S/C51H56N12O6/c64-43-13-12-42(48(66)57-43)63-50(68)40-11-10-38(29-41(40)51(63)69)58-18-14-33(15-19-58)49(67)61-20-16-37(17-21-61)60-24-22-59(23-25-60)36-8-6-34(7-9-36)56-46-45-47(53-30-52-46)62(31-54-45)39-27-35(28-39)55-44(65)26-32-4-2-1-3-5-32/h1-11,29-31,33,35,37,39,42H,12-28H2,(H,55,65)(H,52,53,56)(H,57,64,66)/t35?,39?,42-/m0/s1. The van der Waals surface area contributed by atoms with E-state index in [-0.39, 0.29) is 53.8 Å². The van der Waals surface area contributed by atoms with Crippen molar-refractivity contribution in [2.45, 2.75) is 82.0 Å². The molecule has 11 rings (SSSR count). The van der Waals surface area contributed by atoms with Crippen LogP contribution in [0.15, 0.2) is 85.5 Å². The van der Waals surface area contributed by atoms with E-state index in [4.69, 9.17) is 4.98 Å². The number of piperazine rings is 1. The molecular weight excluding hydrogens is 877 g/mol. The molecule has 2 aromatic heterocycles. The molecule has 1 saturated carbocycles. The minimum Gasteiger partial charge on any atom is -0.371 e. The maximum Gasteiger partial charge on any atom is 0.262 e. The van der Waals surface area contributed by atoms with E-state index in [1.807, 2.05) is 42.7 Å². The Morgan fingerprint density at radius 2 is 1.41 bits per heavy atom. The summed E-state index contributed by atoms with van der Waals surface area (Å²) < 4.78 is 2.10. The Hall–Kier alpha value is -7.21. The van der Waals surface area contributed by atoms with Gasteiger partial charge in [0.05, 0.1) is 23.9 Å². The molecule has 0 bridgehead atoms. The summed E-state index contributed by atoms with van der Waals surface area (Å²) in [5.74, 6) is -1.19. The Balaban J connectivity index is 0.612. The van der Waals surface area contributed by atoms with Gasteiger partial charge in [0.1, 0.15) is 12.4 Å². The summed E-state index contributed by atoms with van der Waals surface area (Å²) in [6.45, 7) is 6.65. The van der Waals surface area contributed by atoms with Crippen molar-refractivity contribution in [3.8, 4) is 0 Å². The number of hydrogen-bond donors (Lipinski definition) is 3. The van der Waals surface area contributed by atoms with Crippen LogP contribution in [0.3, 0.4) is 0 Å². The number of imide groups is 2. The number of nitrogens with zero attached hydrogens (tertiary/aromatic N) is 9. The molecule has 0 unspecified atom stereocenters. The van der Waals surface area contributed by atoms with Crippen molar-refractivity contribution in [3.63, 3.8) is 0 Å². The van der Waals surface area contributed by atoms with Crippen LogP contribution < -0.4 is 25.8 Å². The average Bonchev–Trinajstić information content (AvgIpc) is 3.90. The lowest BCUT2D eigenvalue weighted by Crippen LogP contribution is -2.54. The fourth-order valence-corrected chi connectivity index (χ4v) is 11.2. The second kappa shape index (κ2) is 18.7. The Morgan fingerprint density at radius 1 is 0.696 bits per heavy atom. The molecule has 3 aromatic carbocycles. The van der Waals surface area contributed by atoms with Gasteiger partial charge in [-0.1, -0.05) is 30.3 Å². The smallest absolute Gasteiger partial charge is 0.262 e. The molecule has 18 heteroatoms. The molecule has 356 valence electrons. The molecule has 3 N–H and O–H groups in total. The van der Waals surface area contributed by atoms with Crippen LogP contribution in [0.1, 0.15) is 83.7 Å². The number of hydrogen-bond acceptors (Lipinski definition) is 13. The molecule has 1 atom stereocenters. The summed E-state index contributed by atoms with van der Waals surface area (Å²) in [7, 11) is 0. The van der Waals surface area contributed by atoms with Crippen molar-refractivity contribution in [2.75, 3.05) is 67.5 Å². The molecule has 6 aliphatic rings. The Labute approximate surface area is 399 Å². The van der Waals surface area contributed by atoms with Gasteiger partial charge in [0.15, 0.2) is 17.0 Å². The number of fused-ring (bicyclic) bond motifs is 2. The lowest BCUT2D eigenvalue weighted by Gasteiger charge is -2.44. The number of piperidine rings is 3. The second-order valence-corrected chi connectivity index (χ2v) is 19.3. The van der Waals surface area contributed by atoms with E-state index >= 15 is 0 Å². The van der Waals surface area contributed by atoms with Gasteiger partial charge in [-0.3, -0.25) is 43.9 Å². The molecule has 69 heavy (non-hydrogen) atoms. The fourth-order valence-electron chi connectivity index (χ4n) is 11.2. The number of anilines is 4. The third-order valence-electron chi connectivity index (χ3n) is 15.2.